The fraction of sp³-hybridized carbons (Fsp3) is 0.0833. The highest BCUT2D eigenvalue weighted by Gasteiger charge is 2.32. The van der Waals surface area contributed by atoms with Crippen molar-refractivity contribution in [2.24, 2.45) is 5.10 Å². The SMILES string of the molecule is O=C(/C=C/c1ccccc1)N1N=C(c2ccccc2O)C[C@@H]1c1ccccc1. The first kappa shape index (κ1) is 17.7. The van der Waals surface area contributed by atoms with Crippen LogP contribution in [0.15, 0.2) is 96.1 Å². The predicted octanol–water partition coefficient (Wildman–Crippen LogP) is 4.78. The molecular weight excluding hydrogens is 348 g/mol. The van der Waals surface area contributed by atoms with Crippen molar-refractivity contribution in [2.45, 2.75) is 12.5 Å². The monoisotopic (exact) mass is 368 g/mol. The standard InChI is InChI=1S/C24H20N2O2/c27-23-14-8-7-13-20(23)21-17-22(19-11-5-2-6-12-19)26(25-21)24(28)16-15-18-9-3-1-4-10-18/h1-16,22,27H,17H2/b16-15+/t22-/m1/s1. The van der Waals surface area contributed by atoms with Crippen LogP contribution in [0.2, 0.25) is 0 Å². The molecule has 0 saturated heterocycles. The number of benzene rings is 3. The van der Waals surface area contributed by atoms with Gasteiger partial charge in [0.2, 0.25) is 0 Å². The number of rotatable bonds is 4. The third kappa shape index (κ3) is 3.71. The van der Waals surface area contributed by atoms with Gasteiger partial charge in [-0.05, 0) is 29.3 Å². The topological polar surface area (TPSA) is 52.9 Å². The summed E-state index contributed by atoms with van der Waals surface area (Å²) in [7, 11) is 0. The van der Waals surface area contributed by atoms with Gasteiger partial charge in [0.25, 0.3) is 5.91 Å². The zero-order valence-corrected chi connectivity index (χ0v) is 15.3. The Labute approximate surface area is 164 Å². The maximum Gasteiger partial charge on any atom is 0.267 e. The molecule has 0 aliphatic carbocycles. The number of phenols is 1. The summed E-state index contributed by atoms with van der Waals surface area (Å²) >= 11 is 0. The van der Waals surface area contributed by atoms with Gasteiger partial charge in [0.05, 0.1) is 11.8 Å². The summed E-state index contributed by atoms with van der Waals surface area (Å²) in [5, 5.41) is 16.3. The highest BCUT2D eigenvalue weighted by Crippen LogP contribution is 2.34. The molecule has 3 aromatic rings. The Balaban J connectivity index is 1.66. The number of phenolic OH excluding ortho intramolecular Hbond substituents is 1. The molecular formula is C24H20N2O2. The molecule has 1 atom stereocenters. The number of aromatic hydroxyl groups is 1. The Morgan fingerprint density at radius 2 is 1.57 bits per heavy atom. The van der Waals surface area contributed by atoms with Crippen LogP contribution in [0.1, 0.15) is 29.2 Å². The summed E-state index contributed by atoms with van der Waals surface area (Å²) in [6.45, 7) is 0. The van der Waals surface area contributed by atoms with Crippen molar-refractivity contribution in [3.63, 3.8) is 0 Å². The van der Waals surface area contributed by atoms with Gasteiger partial charge in [0, 0.05) is 18.1 Å². The van der Waals surface area contributed by atoms with Gasteiger partial charge >= 0.3 is 0 Å². The quantitative estimate of drug-likeness (QED) is 0.674. The van der Waals surface area contributed by atoms with Crippen LogP contribution in [-0.2, 0) is 4.79 Å². The third-order valence-electron chi connectivity index (χ3n) is 4.75. The van der Waals surface area contributed by atoms with E-state index in [2.05, 4.69) is 5.10 Å². The first-order chi connectivity index (χ1) is 13.7. The molecule has 138 valence electrons. The first-order valence-corrected chi connectivity index (χ1v) is 9.19. The van der Waals surface area contributed by atoms with E-state index >= 15 is 0 Å². The Morgan fingerprint density at radius 3 is 2.29 bits per heavy atom. The summed E-state index contributed by atoms with van der Waals surface area (Å²) in [6.07, 6.45) is 3.88. The number of amides is 1. The van der Waals surface area contributed by atoms with E-state index in [9.17, 15) is 9.90 Å². The highest BCUT2D eigenvalue weighted by molar-refractivity contribution is 6.06. The van der Waals surface area contributed by atoms with Crippen molar-refractivity contribution < 1.29 is 9.90 Å². The largest absolute Gasteiger partial charge is 0.507 e. The molecule has 0 saturated carbocycles. The summed E-state index contributed by atoms with van der Waals surface area (Å²) in [4.78, 5) is 12.9. The van der Waals surface area contributed by atoms with Crippen LogP contribution in [-0.4, -0.2) is 21.7 Å². The predicted molar refractivity (Wildman–Crippen MR) is 111 cm³/mol. The maximum absolute atomic E-state index is 12.9. The van der Waals surface area contributed by atoms with E-state index in [1.165, 1.54) is 5.01 Å². The van der Waals surface area contributed by atoms with Crippen LogP contribution in [0.5, 0.6) is 5.75 Å². The Hall–Kier alpha value is -3.66. The molecule has 1 heterocycles. The Morgan fingerprint density at radius 1 is 0.929 bits per heavy atom. The van der Waals surface area contributed by atoms with Crippen molar-refractivity contribution in [1.82, 2.24) is 5.01 Å². The molecule has 4 rings (SSSR count). The van der Waals surface area contributed by atoms with E-state index in [-0.39, 0.29) is 17.7 Å². The zero-order chi connectivity index (χ0) is 19.3. The molecule has 0 aromatic heterocycles. The molecule has 3 aromatic carbocycles. The van der Waals surface area contributed by atoms with Crippen LogP contribution in [0.3, 0.4) is 0 Å². The molecule has 4 nitrogen and oxygen atoms in total. The van der Waals surface area contributed by atoms with Crippen molar-refractivity contribution in [1.29, 1.82) is 0 Å². The average Bonchev–Trinajstić information content (AvgIpc) is 3.19. The van der Waals surface area contributed by atoms with Crippen molar-refractivity contribution in [2.75, 3.05) is 0 Å². The number of hydrogen-bond donors (Lipinski definition) is 1. The molecule has 4 heteroatoms. The number of para-hydroxylation sites is 1. The number of hydrazone groups is 1. The molecule has 1 N–H and O–H groups in total. The van der Waals surface area contributed by atoms with Crippen molar-refractivity contribution in [3.8, 4) is 5.75 Å². The van der Waals surface area contributed by atoms with Crippen LogP contribution < -0.4 is 0 Å². The van der Waals surface area contributed by atoms with Crippen LogP contribution in [0.4, 0.5) is 0 Å². The molecule has 0 bridgehead atoms. The smallest absolute Gasteiger partial charge is 0.267 e. The van der Waals surface area contributed by atoms with Gasteiger partial charge in [-0.25, -0.2) is 5.01 Å². The van der Waals surface area contributed by atoms with Gasteiger partial charge in [-0.1, -0.05) is 72.8 Å². The van der Waals surface area contributed by atoms with E-state index < -0.39 is 0 Å². The number of hydrogen-bond acceptors (Lipinski definition) is 3. The van der Waals surface area contributed by atoms with Gasteiger partial charge < -0.3 is 5.11 Å². The summed E-state index contributed by atoms with van der Waals surface area (Å²) < 4.78 is 0. The minimum absolute atomic E-state index is 0.169. The van der Waals surface area contributed by atoms with E-state index in [0.717, 1.165) is 11.1 Å². The van der Waals surface area contributed by atoms with E-state index in [1.54, 1.807) is 24.3 Å². The van der Waals surface area contributed by atoms with Crippen molar-refractivity contribution >= 4 is 17.7 Å². The van der Waals surface area contributed by atoms with Crippen molar-refractivity contribution in [3.05, 3.63) is 108 Å². The van der Waals surface area contributed by atoms with E-state index in [1.807, 2.05) is 72.8 Å². The lowest BCUT2D eigenvalue weighted by Crippen LogP contribution is -2.25. The van der Waals surface area contributed by atoms with E-state index in [0.29, 0.717) is 17.7 Å². The highest BCUT2D eigenvalue weighted by atomic mass is 16.3. The van der Waals surface area contributed by atoms with Crippen LogP contribution in [0, 0.1) is 0 Å². The second-order valence-corrected chi connectivity index (χ2v) is 6.62. The maximum atomic E-state index is 12.9. The summed E-state index contributed by atoms with van der Waals surface area (Å²) in [6, 6.07) is 26.4. The lowest BCUT2D eigenvalue weighted by molar-refractivity contribution is -0.127. The fourth-order valence-corrected chi connectivity index (χ4v) is 3.34. The molecule has 1 aliphatic heterocycles. The second kappa shape index (κ2) is 7.92. The zero-order valence-electron chi connectivity index (χ0n) is 15.3. The number of nitrogens with zero attached hydrogens (tertiary/aromatic N) is 2. The summed E-state index contributed by atoms with van der Waals surface area (Å²) in [5.74, 6) is -0.0229. The Kier molecular flexibility index (Phi) is 5.02. The molecule has 0 radical (unpaired) electrons. The van der Waals surface area contributed by atoms with Crippen LogP contribution >= 0.6 is 0 Å². The Bertz CT molecular complexity index is 1030. The average molecular weight is 368 g/mol. The molecule has 0 fully saturated rings. The molecule has 0 spiro atoms. The molecule has 0 unspecified atom stereocenters. The number of carbonyl (C=O) groups is 1. The fourth-order valence-electron chi connectivity index (χ4n) is 3.34. The molecule has 1 aliphatic rings. The van der Waals surface area contributed by atoms with Gasteiger partial charge in [0.15, 0.2) is 0 Å². The van der Waals surface area contributed by atoms with Gasteiger partial charge in [-0.3, -0.25) is 4.79 Å². The first-order valence-electron chi connectivity index (χ1n) is 9.19. The van der Waals surface area contributed by atoms with Gasteiger partial charge in [-0.2, -0.15) is 5.10 Å². The molecule has 28 heavy (non-hydrogen) atoms. The second-order valence-electron chi connectivity index (χ2n) is 6.62. The number of carbonyl (C=O) groups excluding carboxylic acids is 1. The lowest BCUT2D eigenvalue weighted by Gasteiger charge is -2.20. The van der Waals surface area contributed by atoms with Gasteiger partial charge in [-0.15, -0.1) is 0 Å². The minimum atomic E-state index is -0.205. The minimum Gasteiger partial charge on any atom is -0.507 e. The van der Waals surface area contributed by atoms with Crippen LogP contribution in [0.25, 0.3) is 6.08 Å². The summed E-state index contributed by atoms with van der Waals surface area (Å²) in [5.41, 5.74) is 3.33. The third-order valence-corrected chi connectivity index (χ3v) is 4.75. The van der Waals surface area contributed by atoms with E-state index in [4.69, 9.17) is 0 Å². The normalized spacial score (nSPS) is 16.4. The van der Waals surface area contributed by atoms with Gasteiger partial charge in [0.1, 0.15) is 5.75 Å². The molecule has 1 amide bonds. The lowest BCUT2D eigenvalue weighted by atomic mass is 9.98.